The van der Waals surface area contributed by atoms with Gasteiger partial charge in [-0.15, -0.1) is 0 Å². The Hall–Kier alpha value is -0.710. The molecule has 0 amide bonds. The van der Waals surface area contributed by atoms with E-state index in [2.05, 4.69) is 19.2 Å². The van der Waals surface area contributed by atoms with Crippen molar-refractivity contribution in [2.24, 2.45) is 0 Å². The average molecular weight is 281 g/mol. The van der Waals surface area contributed by atoms with E-state index in [0.29, 0.717) is 24.3 Å². The van der Waals surface area contributed by atoms with Crippen molar-refractivity contribution < 1.29 is 9.32 Å². The van der Waals surface area contributed by atoms with Crippen molar-refractivity contribution in [2.45, 2.75) is 49.6 Å². The predicted molar refractivity (Wildman–Crippen MR) is 78.8 cm³/mol. The van der Waals surface area contributed by atoms with Crippen molar-refractivity contribution in [3.05, 3.63) is 29.8 Å². The molecule has 4 heteroatoms. The lowest BCUT2D eigenvalue weighted by Crippen LogP contribution is -2.32. The third-order valence-corrected chi connectivity index (χ3v) is 4.86. The van der Waals surface area contributed by atoms with Gasteiger partial charge in [0.15, 0.2) is 0 Å². The van der Waals surface area contributed by atoms with Crippen LogP contribution in [-0.4, -0.2) is 33.8 Å². The number of benzene rings is 1. The molecule has 0 spiro atoms. The van der Waals surface area contributed by atoms with Crippen LogP contribution in [0.25, 0.3) is 0 Å². The fourth-order valence-electron chi connectivity index (χ4n) is 1.92. The van der Waals surface area contributed by atoms with Crippen molar-refractivity contribution in [2.75, 3.05) is 12.3 Å². The molecule has 0 aliphatic heterocycles. The second-order valence-corrected chi connectivity index (χ2v) is 7.07. The monoisotopic (exact) mass is 281 g/mol. The molecular formula is C15H23NO2S. The molecule has 1 aromatic rings. The lowest BCUT2D eigenvalue weighted by atomic mass is 10.0. The Balaban J connectivity index is 1.83. The van der Waals surface area contributed by atoms with Crippen LogP contribution < -0.4 is 5.32 Å². The number of aliphatic hydroxyl groups is 1. The SMILES string of the molecule is CC(C)c1ccc(S(=O)CC(O)CNC2CC2)cc1. The zero-order chi connectivity index (χ0) is 13.8. The Bertz CT molecular complexity index is 426. The van der Waals surface area contributed by atoms with Crippen molar-refractivity contribution in [1.29, 1.82) is 0 Å². The summed E-state index contributed by atoms with van der Waals surface area (Å²) in [4.78, 5) is 0.801. The van der Waals surface area contributed by atoms with E-state index in [-0.39, 0.29) is 0 Å². The van der Waals surface area contributed by atoms with E-state index in [1.165, 1.54) is 18.4 Å². The van der Waals surface area contributed by atoms with Gasteiger partial charge < -0.3 is 10.4 Å². The minimum Gasteiger partial charge on any atom is -0.391 e. The van der Waals surface area contributed by atoms with Crippen molar-refractivity contribution >= 4 is 10.8 Å². The molecule has 2 N–H and O–H groups in total. The summed E-state index contributed by atoms with van der Waals surface area (Å²) in [7, 11) is -1.12. The summed E-state index contributed by atoms with van der Waals surface area (Å²) in [6.07, 6.45) is 1.87. The molecule has 2 rings (SSSR count). The zero-order valence-electron chi connectivity index (χ0n) is 11.6. The highest BCUT2D eigenvalue weighted by Gasteiger charge is 2.22. The number of hydrogen-bond acceptors (Lipinski definition) is 3. The maximum absolute atomic E-state index is 12.1. The molecule has 0 bridgehead atoms. The number of aliphatic hydroxyl groups excluding tert-OH is 1. The van der Waals surface area contributed by atoms with Crippen molar-refractivity contribution in [3.63, 3.8) is 0 Å². The van der Waals surface area contributed by atoms with Crippen LogP contribution in [0.4, 0.5) is 0 Å². The quantitative estimate of drug-likeness (QED) is 0.804. The lowest BCUT2D eigenvalue weighted by molar-refractivity contribution is 0.194. The highest BCUT2D eigenvalue weighted by atomic mass is 32.2. The molecule has 19 heavy (non-hydrogen) atoms. The van der Waals surface area contributed by atoms with Crippen LogP contribution in [0.3, 0.4) is 0 Å². The minimum absolute atomic E-state index is 0.306. The number of hydrogen-bond donors (Lipinski definition) is 2. The molecule has 0 heterocycles. The van der Waals surface area contributed by atoms with Crippen LogP contribution in [0, 0.1) is 0 Å². The maximum atomic E-state index is 12.1. The van der Waals surface area contributed by atoms with Crippen molar-refractivity contribution in [3.8, 4) is 0 Å². The first-order valence-corrected chi connectivity index (χ1v) is 8.28. The lowest BCUT2D eigenvalue weighted by Gasteiger charge is -2.12. The zero-order valence-corrected chi connectivity index (χ0v) is 12.5. The Morgan fingerprint density at radius 2 is 1.95 bits per heavy atom. The van der Waals surface area contributed by atoms with Gasteiger partial charge in [0.05, 0.1) is 22.7 Å². The summed E-state index contributed by atoms with van der Waals surface area (Å²) in [5, 5.41) is 13.1. The van der Waals surface area contributed by atoms with Gasteiger partial charge in [-0.05, 0) is 36.5 Å². The molecule has 2 unspecified atom stereocenters. The summed E-state index contributed by atoms with van der Waals surface area (Å²) in [5.74, 6) is 0.789. The molecule has 1 saturated carbocycles. The van der Waals surface area contributed by atoms with E-state index in [0.717, 1.165) is 4.90 Å². The molecule has 106 valence electrons. The van der Waals surface area contributed by atoms with Gasteiger partial charge in [0, 0.05) is 17.5 Å². The molecule has 1 aliphatic rings. The highest BCUT2D eigenvalue weighted by Crippen LogP contribution is 2.19. The van der Waals surface area contributed by atoms with Gasteiger partial charge in [-0.2, -0.15) is 0 Å². The Kier molecular flexibility index (Phi) is 5.13. The average Bonchev–Trinajstić information content (AvgIpc) is 3.20. The Morgan fingerprint density at radius 1 is 1.32 bits per heavy atom. The van der Waals surface area contributed by atoms with Crippen molar-refractivity contribution in [1.82, 2.24) is 5.32 Å². The molecule has 0 aromatic heterocycles. The van der Waals surface area contributed by atoms with Crippen LogP contribution in [-0.2, 0) is 10.8 Å². The van der Waals surface area contributed by atoms with E-state index >= 15 is 0 Å². The van der Waals surface area contributed by atoms with E-state index in [1.54, 1.807) is 0 Å². The standard InChI is InChI=1S/C15H23NO2S/c1-11(2)12-3-7-15(8-4-12)19(18)10-14(17)9-16-13-5-6-13/h3-4,7-8,11,13-14,16-17H,5-6,9-10H2,1-2H3. The van der Waals surface area contributed by atoms with Crippen LogP contribution in [0.15, 0.2) is 29.2 Å². The highest BCUT2D eigenvalue weighted by molar-refractivity contribution is 7.85. The summed E-state index contributed by atoms with van der Waals surface area (Å²) in [6, 6.07) is 8.44. The van der Waals surface area contributed by atoms with E-state index in [9.17, 15) is 9.32 Å². The number of nitrogens with one attached hydrogen (secondary N) is 1. The Morgan fingerprint density at radius 3 is 2.47 bits per heavy atom. The maximum Gasteiger partial charge on any atom is 0.0783 e. The first-order chi connectivity index (χ1) is 9.06. The first kappa shape index (κ1) is 14.7. The Labute approximate surface area is 117 Å². The molecule has 3 nitrogen and oxygen atoms in total. The molecule has 0 radical (unpaired) electrons. The topological polar surface area (TPSA) is 49.3 Å². The van der Waals surface area contributed by atoms with Gasteiger partial charge >= 0.3 is 0 Å². The first-order valence-electron chi connectivity index (χ1n) is 6.96. The third-order valence-electron chi connectivity index (χ3n) is 3.37. The summed E-state index contributed by atoms with van der Waals surface area (Å²) >= 11 is 0. The normalized spacial score (nSPS) is 18.5. The summed E-state index contributed by atoms with van der Waals surface area (Å²) < 4.78 is 12.1. The molecule has 1 aliphatic carbocycles. The molecule has 0 saturated heterocycles. The van der Waals surface area contributed by atoms with E-state index < -0.39 is 16.9 Å². The third kappa shape index (κ3) is 4.71. The van der Waals surface area contributed by atoms with Gasteiger partial charge in [0.1, 0.15) is 0 Å². The van der Waals surface area contributed by atoms with Gasteiger partial charge in [0.25, 0.3) is 0 Å². The van der Waals surface area contributed by atoms with E-state index in [4.69, 9.17) is 0 Å². The van der Waals surface area contributed by atoms with Gasteiger partial charge in [-0.1, -0.05) is 26.0 Å². The smallest absolute Gasteiger partial charge is 0.0783 e. The number of rotatable bonds is 7. The second-order valence-electron chi connectivity index (χ2n) is 5.57. The molecule has 2 atom stereocenters. The molecule has 1 aromatic carbocycles. The fourth-order valence-corrected chi connectivity index (χ4v) is 3.02. The predicted octanol–water partition coefficient (Wildman–Crippen LogP) is 2.03. The molecule has 1 fully saturated rings. The molecular weight excluding hydrogens is 258 g/mol. The minimum atomic E-state index is -1.12. The van der Waals surface area contributed by atoms with Gasteiger partial charge in [-0.25, -0.2) is 0 Å². The van der Waals surface area contributed by atoms with E-state index in [1.807, 2.05) is 24.3 Å². The largest absolute Gasteiger partial charge is 0.391 e. The van der Waals surface area contributed by atoms with Crippen LogP contribution in [0.2, 0.25) is 0 Å². The summed E-state index contributed by atoms with van der Waals surface area (Å²) in [6.45, 7) is 4.82. The van der Waals surface area contributed by atoms with Gasteiger partial charge in [0.2, 0.25) is 0 Å². The second kappa shape index (κ2) is 6.64. The van der Waals surface area contributed by atoms with Crippen LogP contribution in [0.1, 0.15) is 38.2 Å². The summed E-state index contributed by atoms with van der Waals surface area (Å²) in [5.41, 5.74) is 1.25. The van der Waals surface area contributed by atoms with Crippen LogP contribution >= 0.6 is 0 Å². The van der Waals surface area contributed by atoms with Crippen LogP contribution in [0.5, 0.6) is 0 Å². The van der Waals surface area contributed by atoms with Gasteiger partial charge in [-0.3, -0.25) is 4.21 Å². The fraction of sp³-hybridized carbons (Fsp3) is 0.600.